The average molecular weight is 303 g/mol. The zero-order chi connectivity index (χ0) is 15.7. The van der Waals surface area contributed by atoms with Gasteiger partial charge in [0.05, 0.1) is 6.61 Å². The molecule has 2 heterocycles. The molecule has 3 rings (SSSR count). The van der Waals surface area contributed by atoms with Crippen molar-refractivity contribution in [3.05, 3.63) is 28.8 Å². The molecule has 0 saturated carbocycles. The molecule has 0 N–H and O–H groups in total. The van der Waals surface area contributed by atoms with E-state index in [0.29, 0.717) is 12.3 Å². The monoisotopic (exact) mass is 303 g/mol. The van der Waals surface area contributed by atoms with Gasteiger partial charge in [-0.15, -0.1) is 0 Å². The first kappa shape index (κ1) is 15.3. The third-order valence-corrected chi connectivity index (χ3v) is 4.82. The van der Waals surface area contributed by atoms with Crippen LogP contribution in [0.4, 0.5) is 0 Å². The second-order valence-corrected chi connectivity index (χ2v) is 6.46. The van der Waals surface area contributed by atoms with Gasteiger partial charge >= 0.3 is 0 Å². The van der Waals surface area contributed by atoms with Crippen molar-refractivity contribution >= 4 is 5.91 Å². The van der Waals surface area contributed by atoms with Crippen molar-refractivity contribution in [2.75, 3.05) is 26.3 Å². The zero-order valence-electron chi connectivity index (χ0n) is 13.7. The summed E-state index contributed by atoms with van der Waals surface area (Å²) in [6, 6.07) is 4.21. The van der Waals surface area contributed by atoms with Crippen molar-refractivity contribution in [1.29, 1.82) is 0 Å². The Morgan fingerprint density at radius 3 is 2.77 bits per heavy atom. The van der Waals surface area contributed by atoms with Crippen LogP contribution >= 0.6 is 0 Å². The van der Waals surface area contributed by atoms with E-state index in [-0.39, 0.29) is 12.0 Å². The molecule has 1 aromatic carbocycles. The summed E-state index contributed by atoms with van der Waals surface area (Å²) in [5.41, 5.74) is 3.62. The summed E-state index contributed by atoms with van der Waals surface area (Å²) in [6.45, 7) is 9.31. The molecule has 1 fully saturated rings. The van der Waals surface area contributed by atoms with Crippen LogP contribution in [0.1, 0.15) is 30.0 Å². The summed E-state index contributed by atoms with van der Waals surface area (Å²) in [6.07, 6.45) is 1.37. The van der Waals surface area contributed by atoms with E-state index < -0.39 is 0 Å². The van der Waals surface area contributed by atoms with Crippen LogP contribution in [0.2, 0.25) is 0 Å². The largest absolute Gasteiger partial charge is 0.480 e. The fourth-order valence-electron chi connectivity index (χ4n) is 3.27. The number of hydrogen-bond acceptors (Lipinski definition) is 3. The number of benzene rings is 1. The number of amides is 1. The smallest absolute Gasteiger partial charge is 0.263 e. The molecule has 0 unspecified atom stereocenters. The van der Waals surface area contributed by atoms with Crippen LogP contribution in [0.5, 0.6) is 5.75 Å². The van der Waals surface area contributed by atoms with E-state index in [2.05, 4.69) is 26.0 Å². The van der Waals surface area contributed by atoms with Gasteiger partial charge in [0.15, 0.2) is 6.10 Å². The number of hydrogen-bond donors (Lipinski definition) is 0. The van der Waals surface area contributed by atoms with Crippen LogP contribution in [0.15, 0.2) is 12.1 Å². The van der Waals surface area contributed by atoms with Crippen LogP contribution in [0.25, 0.3) is 0 Å². The molecule has 1 aromatic rings. The third-order valence-electron chi connectivity index (χ3n) is 4.82. The first-order valence-electron chi connectivity index (χ1n) is 8.21. The van der Waals surface area contributed by atoms with E-state index in [0.717, 1.165) is 44.0 Å². The number of ether oxygens (including phenoxy) is 2. The van der Waals surface area contributed by atoms with E-state index in [4.69, 9.17) is 9.47 Å². The highest BCUT2D eigenvalue weighted by molar-refractivity contribution is 5.82. The minimum absolute atomic E-state index is 0.112. The lowest BCUT2D eigenvalue weighted by Gasteiger charge is -2.26. The summed E-state index contributed by atoms with van der Waals surface area (Å²) in [5, 5.41) is 0. The number of carbonyl (C=O) groups excluding carboxylic acids is 1. The first-order chi connectivity index (χ1) is 10.6. The molecule has 2 atom stereocenters. The minimum Gasteiger partial charge on any atom is -0.480 e. The highest BCUT2D eigenvalue weighted by Crippen LogP contribution is 2.32. The Hall–Kier alpha value is -1.55. The van der Waals surface area contributed by atoms with Gasteiger partial charge < -0.3 is 14.4 Å². The average Bonchev–Trinajstić information content (AvgIpc) is 3.14. The molecule has 4 nitrogen and oxygen atoms in total. The molecule has 1 amide bonds. The SMILES string of the molecule is CCN(C[C@H]1CCOC1)C(=O)[C@H]1Cc2cc(C)c(C)cc2O1. The predicted molar refractivity (Wildman–Crippen MR) is 85.2 cm³/mol. The van der Waals surface area contributed by atoms with E-state index in [9.17, 15) is 4.79 Å². The quantitative estimate of drug-likeness (QED) is 0.858. The van der Waals surface area contributed by atoms with Gasteiger partial charge in [-0.3, -0.25) is 4.79 Å². The number of aryl methyl sites for hydroxylation is 2. The molecule has 0 spiro atoms. The number of carbonyl (C=O) groups is 1. The normalized spacial score (nSPS) is 23.2. The van der Waals surface area contributed by atoms with Gasteiger partial charge in [0, 0.05) is 32.0 Å². The van der Waals surface area contributed by atoms with Gasteiger partial charge in [-0.1, -0.05) is 6.07 Å². The molecule has 0 aromatic heterocycles. The van der Waals surface area contributed by atoms with Gasteiger partial charge in [0.25, 0.3) is 5.91 Å². The summed E-state index contributed by atoms with van der Waals surface area (Å²) in [5.74, 6) is 1.46. The second kappa shape index (κ2) is 6.29. The van der Waals surface area contributed by atoms with E-state index in [1.807, 2.05) is 11.8 Å². The Balaban J connectivity index is 1.67. The lowest BCUT2D eigenvalue weighted by atomic mass is 10.0. The maximum atomic E-state index is 12.8. The summed E-state index contributed by atoms with van der Waals surface area (Å²) >= 11 is 0. The Kier molecular flexibility index (Phi) is 4.39. The second-order valence-electron chi connectivity index (χ2n) is 6.46. The number of nitrogens with zero attached hydrogens (tertiary/aromatic N) is 1. The third kappa shape index (κ3) is 2.98. The van der Waals surface area contributed by atoms with Crippen molar-refractivity contribution in [2.45, 2.75) is 39.7 Å². The van der Waals surface area contributed by atoms with Crippen LogP contribution in [-0.2, 0) is 16.0 Å². The lowest BCUT2D eigenvalue weighted by molar-refractivity contribution is -0.138. The molecule has 2 aliphatic heterocycles. The van der Waals surface area contributed by atoms with E-state index in [1.165, 1.54) is 11.1 Å². The molecule has 0 aliphatic carbocycles. The molecule has 120 valence electrons. The molecule has 0 bridgehead atoms. The van der Waals surface area contributed by atoms with Gasteiger partial charge in [0.2, 0.25) is 0 Å². The van der Waals surface area contributed by atoms with Gasteiger partial charge in [-0.05, 0) is 49.9 Å². The Bertz CT molecular complexity index is 533. The van der Waals surface area contributed by atoms with E-state index >= 15 is 0 Å². The number of fused-ring (bicyclic) bond motifs is 1. The minimum atomic E-state index is -0.363. The summed E-state index contributed by atoms with van der Waals surface area (Å²) < 4.78 is 11.3. The van der Waals surface area contributed by atoms with Crippen molar-refractivity contribution in [3.63, 3.8) is 0 Å². The Labute approximate surface area is 132 Å². The summed E-state index contributed by atoms with van der Waals surface area (Å²) in [4.78, 5) is 14.7. The molecular weight excluding hydrogens is 278 g/mol. The fraction of sp³-hybridized carbons (Fsp3) is 0.611. The Morgan fingerprint density at radius 1 is 1.32 bits per heavy atom. The zero-order valence-corrected chi connectivity index (χ0v) is 13.7. The van der Waals surface area contributed by atoms with Crippen molar-refractivity contribution < 1.29 is 14.3 Å². The topological polar surface area (TPSA) is 38.8 Å². The molecular formula is C18H25NO3. The fourth-order valence-corrected chi connectivity index (χ4v) is 3.27. The van der Waals surface area contributed by atoms with Gasteiger partial charge in [-0.25, -0.2) is 0 Å². The standard InChI is InChI=1S/C18H25NO3/c1-4-19(10-14-5-6-21-11-14)18(20)17-9-15-7-12(2)13(3)8-16(15)22-17/h7-8,14,17H,4-6,9-11H2,1-3H3/t14-,17-/m1/s1. The van der Waals surface area contributed by atoms with Gasteiger partial charge in [0.1, 0.15) is 5.75 Å². The van der Waals surface area contributed by atoms with Crippen molar-refractivity contribution in [1.82, 2.24) is 4.90 Å². The first-order valence-corrected chi connectivity index (χ1v) is 8.21. The van der Waals surface area contributed by atoms with Crippen LogP contribution in [0, 0.1) is 19.8 Å². The maximum Gasteiger partial charge on any atom is 0.263 e. The molecule has 1 saturated heterocycles. The van der Waals surface area contributed by atoms with Crippen molar-refractivity contribution in [2.24, 2.45) is 5.92 Å². The molecule has 2 aliphatic rings. The number of rotatable bonds is 4. The predicted octanol–water partition coefficient (Wildman–Crippen LogP) is 2.49. The van der Waals surface area contributed by atoms with E-state index in [1.54, 1.807) is 0 Å². The lowest BCUT2D eigenvalue weighted by Crippen LogP contribution is -2.43. The molecule has 0 radical (unpaired) electrons. The molecule has 22 heavy (non-hydrogen) atoms. The maximum absolute atomic E-state index is 12.8. The van der Waals surface area contributed by atoms with Gasteiger partial charge in [-0.2, -0.15) is 0 Å². The Morgan fingerprint density at radius 2 is 2.09 bits per heavy atom. The highest BCUT2D eigenvalue weighted by atomic mass is 16.5. The van der Waals surface area contributed by atoms with Crippen molar-refractivity contribution in [3.8, 4) is 5.75 Å². The van der Waals surface area contributed by atoms with Crippen LogP contribution < -0.4 is 4.74 Å². The highest BCUT2D eigenvalue weighted by Gasteiger charge is 2.33. The molecule has 4 heteroatoms. The number of likely N-dealkylation sites (N-methyl/N-ethyl adjacent to an activating group) is 1. The van der Waals surface area contributed by atoms with Crippen LogP contribution in [0.3, 0.4) is 0 Å². The summed E-state index contributed by atoms with van der Waals surface area (Å²) in [7, 11) is 0. The van der Waals surface area contributed by atoms with Crippen LogP contribution in [-0.4, -0.2) is 43.2 Å².